The van der Waals surface area contributed by atoms with Crippen molar-refractivity contribution in [2.75, 3.05) is 60.4 Å². The monoisotopic (exact) mass is 623 g/mol. The number of nitrogens with zero attached hydrogens (tertiary/aromatic N) is 5. The molecule has 6 rings (SSSR count). The van der Waals surface area contributed by atoms with Crippen LogP contribution in [0.3, 0.4) is 0 Å². The minimum atomic E-state index is -3.04. The predicted octanol–water partition coefficient (Wildman–Crippen LogP) is 3.36. The topological polar surface area (TPSA) is 130 Å². The van der Waals surface area contributed by atoms with Crippen LogP contribution in [-0.4, -0.2) is 92.9 Å². The maximum absolute atomic E-state index is 14.5. The van der Waals surface area contributed by atoms with Gasteiger partial charge in [-0.1, -0.05) is 12.6 Å². The lowest BCUT2D eigenvalue weighted by atomic mass is 9.73. The number of rotatable bonds is 10. The van der Waals surface area contributed by atoms with Gasteiger partial charge in [-0.2, -0.15) is 4.98 Å². The van der Waals surface area contributed by atoms with Crippen molar-refractivity contribution >= 4 is 49.8 Å². The Morgan fingerprint density at radius 1 is 1.11 bits per heavy atom. The van der Waals surface area contributed by atoms with E-state index in [0.29, 0.717) is 43.6 Å². The maximum atomic E-state index is 14.5. The van der Waals surface area contributed by atoms with E-state index in [1.54, 1.807) is 12.3 Å². The van der Waals surface area contributed by atoms with Crippen LogP contribution in [0.1, 0.15) is 30.7 Å². The van der Waals surface area contributed by atoms with E-state index in [4.69, 9.17) is 9.72 Å². The highest BCUT2D eigenvalue weighted by atomic mass is 32.2. The van der Waals surface area contributed by atoms with Crippen LogP contribution in [0.5, 0.6) is 0 Å². The van der Waals surface area contributed by atoms with Gasteiger partial charge in [0.05, 0.1) is 18.4 Å². The third kappa shape index (κ3) is 6.34. The van der Waals surface area contributed by atoms with Crippen LogP contribution in [-0.2, 0) is 19.4 Å². The number of pyridine rings is 1. The van der Waals surface area contributed by atoms with Crippen molar-refractivity contribution < 1.29 is 22.3 Å². The Bertz CT molecular complexity index is 1670. The van der Waals surface area contributed by atoms with Gasteiger partial charge in [0.1, 0.15) is 27.6 Å². The number of hydrogen-bond acceptors (Lipinski definition) is 10. The zero-order chi connectivity index (χ0) is 31.0. The molecule has 2 saturated heterocycles. The molecule has 3 fully saturated rings. The third-order valence-electron chi connectivity index (χ3n) is 8.90. The molecule has 2 aliphatic heterocycles. The molecule has 0 radical (unpaired) electrons. The largest absolute Gasteiger partial charge is 0.378 e. The summed E-state index contributed by atoms with van der Waals surface area (Å²) < 4.78 is 43.4. The molecule has 1 amide bonds. The summed E-state index contributed by atoms with van der Waals surface area (Å²) in [5, 5.41) is 8.32. The second-order valence-electron chi connectivity index (χ2n) is 12.0. The van der Waals surface area contributed by atoms with Crippen molar-refractivity contribution in [1.29, 1.82) is 0 Å². The molecule has 0 bridgehead atoms. The number of fused-ring (bicyclic) bond motifs is 1. The highest BCUT2D eigenvalue weighted by Gasteiger charge is 2.36. The fourth-order valence-electron chi connectivity index (χ4n) is 6.53. The number of carbonyl (C=O) groups excluding carboxylic acids is 1. The van der Waals surface area contributed by atoms with Crippen molar-refractivity contribution in [3.8, 4) is 0 Å². The van der Waals surface area contributed by atoms with Crippen molar-refractivity contribution in [1.82, 2.24) is 20.3 Å². The molecule has 11 nitrogen and oxygen atoms in total. The Hall–Kier alpha value is -3.84. The number of amides is 1. The number of ether oxygens (including phenoxy) is 1. The summed E-state index contributed by atoms with van der Waals surface area (Å²) in [4.78, 5) is 29.8. The molecule has 3 aromatic rings. The van der Waals surface area contributed by atoms with Crippen LogP contribution in [0.4, 0.5) is 27.7 Å². The molecular weight excluding hydrogens is 585 g/mol. The number of carbonyl (C=O) groups is 1. The minimum absolute atomic E-state index is 0.00766. The average Bonchev–Trinajstić information content (AvgIpc) is 2.97. The average molecular weight is 624 g/mol. The maximum Gasteiger partial charge on any atom is 0.243 e. The Balaban J connectivity index is 1.28. The van der Waals surface area contributed by atoms with Gasteiger partial charge in [0.2, 0.25) is 11.9 Å². The lowest BCUT2D eigenvalue weighted by Gasteiger charge is -2.42. The van der Waals surface area contributed by atoms with Crippen LogP contribution in [0.25, 0.3) is 10.8 Å². The van der Waals surface area contributed by atoms with Gasteiger partial charge in [-0.3, -0.25) is 4.79 Å². The van der Waals surface area contributed by atoms with Gasteiger partial charge in [-0.15, -0.1) is 0 Å². The number of piperidine rings is 1. The van der Waals surface area contributed by atoms with E-state index < -0.39 is 22.1 Å². The number of nitrogens with one attached hydrogen (secondary N) is 2. The summed E-state index contributed by atoms with van der Waals surface area (Å²) >= 11 is 0. The Morgan fingerprint density at radius 2 is 1.93 bits per heavy atom. The first-order chi connectivity index (χ1) is 21.1. The molecule has 3 aliphatic rings. The molecule has 234 valence electrons. The number of methoxy groups -OCH3 is 1. The molecule has 2 aromatic heterocycles. The van der Waals surface area contributed by atoms with Crippen LogP contribution in [0.2, 0.25) is 0 Å². The van der Waals surface area contributed by atoms with Crippen LogP contribution < -0.4 is 20.4 Å². The minimum Gasteiger partial charge on any atom is -0.378 e. The SMILES string of the molecule is C=CC(=O)N[C@@H]1CC[C@@H]1c1ccc(N2CC(CS(C)(=O)=O)C2)c2cnc(Nc3ccnc(N4CC[C@@H](OC)[C@@H](F)C4)n3)cc12. The molecule has 0 unspecified atom stereocenters. The molecule has 0 spiro atoms. The normalized spacial score (nSPS) is 24.0. The fourth-order valence-corrected chi connectivity index (χ4v) is 7.60. The van der Waals surface area contributed by atoms with E-state index in [1.807, 2.05) is 17.2 Å². The summed E-state index contributed by atoms with van der Waals surface area (Å²) in [5.41, 5.74) is 2.12. The van der Waals surface area contributed by atoms with Crippen molar-refractivity contribution in [3.05, 3.63) is 54.9 Å². The van der Waals surface area contributed by atoms with E-state index in [0.717, 1.165) is 34.9 Å². The van der Waals surface area contributed by atoms with Gasteiger partial charge >= 0.3 is 0 Å². The van der Waals surface area contributed by atoms with Gasteiger partial charge in [-0.05, 0) is 54.5 Å². The molecule has 2 N–H and O–H groups in total. The number of anilines is 4. The van der Waals surface area contributed by atoms with Crippen molar-refractivity contribution in [3.63, 3.8) is 0 Å². The quantitative estimate of drug-likeness (QED) is 0.325. The summed E-state index contributed by atoms with van der Waals surface area (Å²) in [6, 6.07) is 7.94. The van der Waals surface area contributed by atoms with Crippen molar-refractivity contribution in [2.45, 2.75) is 43.5 Å². The molecular formula is C31H38FN7O4S. The number of sulfone groups is 1. The lowest BCUT2D eigenvalue weighted by Crippen LogP contribution is -2.49. The van der Waals surface area contributed by atoms with Gasteiger partial charge < -0.3 is 25.2 Å². The molecule has 1 aliphatic carbocycles. The number of alkyl halides is 1. The standard InChI is InChI=1S/C31H38FN7O4S/c1-4-30(40)35-25-7-5-21(25)20-6-8-26(39-15-19(16-39)18-44(3,41)42)23-14-34-29(13-22(20)23)36-28-9-11-33-31(37-28)38-12-10-27(43-2)24(32)17-38/h4,6,8-9,11,13-14,19,21,24-25,27H,1,5,7,10,12,15-18H2,2-3H3,(H,35,40)(H,33,34,36,37)/t21-,24+,25-,27-/m1/s1. The summed E-state index contributed by atoms with van der Waals surface area (Å²) in [7, 11) is -1.51. The Kier molecular flexibility index (Phi) is 8.42. The van der Waals surface area contributed by atoms with Crippen LogP contribution in [0, 0.1) is 5.92 Å². The Labute approximate surface area is 256 Å². The van der Waals surface area contributed by atoms with E-state index in [-0.39, 0.29) is 36.1 Å². The fraction of sp³-hybridized carbons (Fsp3) is 0.484. The van der Waals surface area contributed by atoms with Crippen LogP contribution >= 0.6 is 0 Å². The van der Waals surface area contributed by atoms with Gasteiger partial charge in [0.15, 0.2) is 0 Å². The van der Waals surface area contributed by atoms with E-state index in [9.17, 15) is 17.6 Å². The number of benzene rings is 1. The third-order valence-corrected chi connectivity index (χ3v) is 9.98. The van der Waals surface area contributed by atoms with E-state index in [2.05, 4.69) is 44.2 Å². The van der Waals surface area contributed by atoms with Gasteiger partial charge in [0.25, 0.3) is 0 Å². The molecule has 13 heteroatoms. The number of aromatic nitrogens is 3. The molecule has 4 heterocycles. The van der Waals surface area contributed by atoms with Gasteiger partial charge in [-0.25, -0.2) is 22.8 Å². The second-order valence-corrected chi connectivity index (χ2v) is 14.2. The zero-order valence-corrected chi connectivity index (χ0v) is 25.8. The number of halogens is 1. The smallest absolute Gasteiger partial charge is 0.243 e. The highest BCUT2D eigenvalue weighted by Crippen LogP contribution is 2.43. The second kappa shape index (κ2) is 12.3. The number of hydrogen-bond donors (Lipinski definition) is 2. The molecule has 1 saturated carbocycles. The Morgan fingerprint density at radius 3 is 2.61 bits per heavy atom. The summed E-state index contributed by atoms with van der Waals surface area (Å²) in [6.45, 7) is 5.66. The first-order valence-corrected chi connectivity index (χ1v) is 17.0. The first-order valence-electron chi connectivity index (χ1n) is 14.9. The van der Waals surface area contributed by atoms with E-state index in [1.165, 1.54) is 19.4 Å². The summed E-state index contributed by atoms with van der Waals surface area (Å²) in [5.74, 6) is 1.78. The molecule has 44 heavy (non-hydrogen) atoms. The van der Waals surface area contributed by atoms with E-state index >= 15 is 0 Å². The van der Waals surface area contributed by atoms with Crippen LogP contribution in [0.15, 0.2) is 49.3 Å². The van der Waals surface area contributed by atoms with Gasteiger partial charge in [0, 0.05) is 74.3 Å². The molecule has 4 atom stereocenters. The lowest BCUT2D eigenvalue weighted by molar-refractivity contribution is -0.117. The summed E-state index contributed by atoms with van der Waals surface area (Å²) in [6.07, 6.45) is 6.88. The zero-order valence-electron chi connectivity index (χ0n) is 24.9. The highest BCUT2D eigenvalue weighted by molar-refractivity contribution is 7.90. The predicted molar refractivity (Wildman–Crippen MR) is 169 cm³/mol. The molecule has 1 aromatic carbocycles. The first kappa shape index (κ1) is 30.2. The van der Waals surface area contributed by atoms with Crippen molar-refractivity contribution in [2.24, 2.45) is 5.92 Å².